The Bertz CT molecular complexity index is 1400. The molecule has 180 valence electrons. The van der Waals surface area contributed by atoms with Crippen LogP contribution in [0, 0.1) is 6.92 Å². The van der Waals surface area contributed by atoms with Gasteiger partial charge in [-0.2, -0.15) is 9.78 Å². The van der Waals surface area contributed by atoms with Crippen LogP contribution in [0.3, 0.4) is 0 Å². The molecule has 1 N–H and O–H groups in total. The molecule has 4 aromatic rings. The molecule has 0 unspecified atom stereocenters. The summed E-state index contributed by atoms with van der Waals surface area (Å²) < 4.78 is 17.2. The van der Waals surface area contributed by atoms with Crippen molar-refractivity contribution in [1.29, 1.82) is 0 Å². The van der Waals surface area contributed by atoms with Crippen molar-refractivity contribution >= 4 is 28.6 Å². The van der Waals surface area contributed by atoms with E-state index in [1.807, 2.05) is 37.3 Å². The number of hydrogen-bond acceptors (Lipinski definition) is 7. The monoisotopic (exact) mass is 474 g/mol. The lowest BCUT2D eigenvalue weighted by Crippen LogP contribution is -2.20. The zero-order valence-corrected chi connectivity index (χ0v) is 20.0. The van der Waals surface area contributed by atoms with Crippen molar-refractivity contribution in [3.8, 4) is 17.3 Å². The third-order valence-electron chi connectivity index (χ3n) is 5.46. The van der Waals surface area contributed by atoms with Gasteiger partial charge >= 0.3 is 5.97 Å². The first-order valence-electron chi connectivity index (χ1n) is 11.1. The van der Waals surface area contributed by atoms with Crippen molar-refractivity contribution in [2.75, 3.05) is 26.1 Å². The quantitative estimate of drug-likeness (QED) is 0.383. The number of benzene rings is 2. The molecule has 0 spiro atoms. The van der Waals surface area contributed by atoms with Crippen molar-refractivity contribution in [1.82, 2.24) is 14.8 Å². The third kappa shape index (κ3) is 4.93. The van der Waals surface area contributed by atoms with Crippen LogP contribution in [0.4, 0.5) is 5.82 Å². The van der Waals surface area contributed by atoms with Crippen molar-refractivity contribution in [3.05, 3.63) is 71.4 Å². The summed E-state index contributed by atoms with van der Waals surface area (Å²) >= 11 is 0. The van der Waals surface area contributed by atoms with Gasteiger partial charge in [-0.3, -0.25) is 4.79 Å². The highest BCUT2D eigenvalue weighted by atomic mass is 16.5. The van der Waals surface area contributed by atoms with Crippen LogP contribution >= 0.6 is 0 Å². The summed E-state index contributed by atoms with van der Waals surface area (Å²) in [6.07, 6.45) is 1.41. The minimum Gasteiger partial charge on any atom is -0.493 e. The molecular weight excluding hydrogens is 448 g/mol. The number of esters is 1. The number of methoxy groups -OCH3 is 2. The number of nitrogens with one attached hydrogen (secondary N) is 1. The van der Waals surface area contributed by atoms with Gasteiger partial charge in [-0.05, 0) is 49.2 Å². The van der Waals surface area contributed by atoms with Crippen LogP contribution < -0.4 is 14.8 Å². The molecule has 0 saturated heterocycles. The number of aryl methyl sites for hydroxylation is 1. The number of ether oxygens (including phenoxy) is 3. The fraction of sp³-hybridized carbons (Fsp3) is 0.231. The topological polar surface area (TPSA) is 105 Å². The van der Waals surface area contributed by atoms with Crippen LogP contribution in [0.1, 0.15) is 28.4 Å². The van der Waals surface area contributed by atoms with E-state index < -0.39 is 5.97 Å². The smallest absolute Gasteiger partial charge is 0.343 e. The maximum atomic E-state index is 13.0. The molecule has 0 fully saturated rings. The molecule has 0 radical (unpaired) electrons. The molecule has 0 aliphatic rings. The summed E-state index contributed by atoms with van der Waals surface area (Å²) in [7, 11) is 3.08. The zero-order chi connectivity index (χ0) is 24.9. The Hall–Kier alpha value is -4.40. The second-order valence-corrected chi connectivity index (χ2v) is 7.77. The summed E-state index contributed by atoms with van der Waals surface area (Å²) in [5.74, 6) is 0.817. The number of carbonyl (C=O) groups excluding carboxylic acids is 2. The highest BCUT2D eigenvalue weighted by Crippen LogP contribution is 2.28. The number of amides is 1. The van der Waals surface area contributed by atoms with E-state index in [0.717, 1.165) is 16.5 Å². The molecule has 4 rings (SSSR count). The van der Waals surface area contributed by atoms with Crippen LogP contribution in [0.2, 0.25) is 0 Å². The summed E-state index contributed by atoms with van der Waals surface area (Å²) in [5.41, 5.74) is 2.61. The van der Waals surface area contributed by atoms with Crippen LogP contribution in [0.5, 0.6) is 11.5 Å². The molecule has 35 heavy (non-hydrogen) atoms. The number of fused-ring (bicyclic) bond motifs is 1. The number of pyridine rings is 1. The van der Waals surface area contributed by atoms with E-state index in [-0.39, 0.29) is 30.3 Å². The van der Waals surface area contributed by atoms with Gasteiger partial charge in [0.05, 0.1) is 39.0 Å². The molecule has 2 heterocycles. The van der Waals surface area contributed by atoms with E-state index in [4.69, 9.17) is 14.2 Å². The second kappa shape index (κ2) is 10.3. The number of aromatic nitrogens is 3. The molecule has 9 nitrogen and oxygen atoms in total. The van der Waals surface area contributed by atoms with E-state index in [0.29, 0.717) is 22.9 Å². The van der Waals surface area contributed by atoms with Gasteiger partial charge in [0.25, 0.3) is 0 Å². The maximum absolute atomic E-state index is 13.0. The van der Waals surface area contributed by atoms with Gasteiger partial charge in [0.1, 0.15) is 5.56 Å². The summed E-state index contributed by atoms with van der Waals surface area (Å²) in [5, 5.41) is 8.18. The summed E-state index contributed by atoms with van der Waals surface area (Å²) in [6.45, 7) is 3.88. The predicted molar refractivity (Wildman–Crippen MR) is 131 cm³/mol. The summed E-state index contributed by atoms with van der Waals surface area (Å²) in [4.78, 5) is 30.3. The predicted octanol–water partition coefficient (Wildman–Crippen LogP) is 4.10. The molecule has 0 aliphatic heterocycles. The number of hydrogen-bond donors (Lipinski definition) is 1. The Morgan fingerprint density at radius 2 is 1.80 bits per heavy atom. The average molecular weight is 475 g/mol. The normalized spacial score (nSPS) is 10.7. The largest absolute Gasteiger partial charge is 0.493 e. The average Bonchev–Trinajstić information content (AvgIpc) is 3.27. The van der Waals surface area contributed by atoms with Crippen molar-refractivity contribution in [2.24, 2.45) is 0 Å². The lowest BCUT2D eigenvalue weighted by molar-refractivity contribution is -0.115. The number of nitrogens with zero attached hydrogens (tertiary/aromatic N) is 3. The standard InChI is InChI=1S/C26H26N4O5/c1-5-35-26(32)19-15-27-30(23-12-16(2)18-8-6-7-9-20(18)28-23)25(19)29-24(31)14-17-10-11-21(33-3)22(13-17)34-4/h6-13,15H,5,14H2,1-4H3,(H,29,31). The highest BCUT2D eigenvalue weighted by molar-refractivity contribution is 6.01. The number of anilines is 1. The van der Waals surface area contributed by atoms with Crippen molar-refractivity contribution < 1.29 is 23.8 Å². The second-order valence-electron chi connectivity index (χ2n) is 7.77. The third-order valence-corrected chi connectivity index (χ3v) is 5.46. The van der Waals surface area contributed by atoms with Gasteiger partial charge in [-0.25, -0.2) is 9.78 Å². The van der Waals surface area contributed by atoms with Gasteiger partial charge in [0.2, 0.25) is 5.91 Å². The van der Waals surface area contributed by atoms with E-state index in [9.17, 15) is 9.59 Å². The first kappa shape index (κ1) is 23.7. The van der Waals surface area contributed by atoms with Gasteiger partial charge in [-0.1, -0.05) is 24.3 Å². The molecule has 1 amide bonds. The van der Waals surface area contributed by atoms with E-state index >= 15 is 0 Å². The SMILES string of the molecule is CCOC(=O)c1cnn(-c2cc(C)c3ccccc3n2)c1NC(=O)Cc1ccc(OC)c(OC)c1. The minimum atomic E-state index is -0.585. The Morgan fingerprint density at radius 1 is 1.03 bits per heavy atom. The number of rotatable bonds is 8. The molecule has 2 aromatic carbocycles. The van der Waals surface area contributed by atoms with Crippen LogP contribution in [-0.2, 0) is 16.0 Å². The van der Waals surface area contributed by atoms with Crippen molar-refractivity contribution in [2.45, 2.75) is 20.3 Å². The number of carbonyl (C=O) groups is 2. The Balaban J connectivity index is 1.70. The molecule has 0 bridgehead atoms. The Labute approximate surface area is 202 Å². The Kier molecular flexibility index (Phi) is 6.96. The molecule has 9 heteroatoms. The van der Waals surface area contributed by atoms with Crippen LogP contribution in [0.25, 0.3) is 16.7 Å². The summed E-state index contributed by atoms with van der Waals surface area (Å²) in [6, 6.07) is 14.8. The molecule has 0 atom stereocenters. The first-order valence-corrected chi connectivity index (χ1v) is 11.1. The molecule has 2 aromatic heterocycles. The molecule has 0 saturated carbocycles. The van der Waals surface area contributed by atoms with E-state index in [2.05, 4.69) is 15.4 Å². The zero-order valence-electron chi connectivity index (χ0n) is 20.0. The number of para-hydroxylation sites is 1. The van der Waals surface area contributed by atoms with Crippen LogP contribution in [0.15, 0.2) is 54.7 Å². The Morgan fingerprint density at radius 3 is 2.54 bits per heavy atom. The van der Waals surface area contributed by atoms with Crippen molar-refractivity contribution in [3.63, 3.8) is 0 Å². The first-order chi connectivity index (χ1) is 16.9. The van der Waals surface area contributed by atoms with E-state index in [1.54, 1.807) is 32.2 Å². The van der Waals surface area contributed by atoms with Gasteiger partial charge < -0.3 is 19.5 Å². The van der Waals surface area contributed by atoms with E-state index in [1.165, 1.54) is 18.0 Å². The van der Waals surface area contributed by atoms with Crippen LogP contribution in [-0.4, -0.2) is 47.5 Å². The lowest BCUT2D eigenvalue weighted by atomic mass is 10.1. The molecular formula is C26H26N4O5. The molecule has 0 aliphatic carbocycles. The minimum absolute atomic E-state index is 0.0397. The van der Waals surface area contributed by atoms with Gasteiger partial charge in [-0.15, -0.1) is 0 Å². The van der Waals surface area contributed by atoms with Gasteiger partial charge in [0.15, 0.2) is 23.1 Å². The lowest BCUT2D eigenvalue weighted by Gasteiger charge is -2.13. The van der Waals surface area contributed by atoms with Gasteiger partial charge in [0, 0.05) is 5.39 Å². The fourth-order valence-corrected chi connectivity index (χ4v) is 3.79. The highest BCUT2D eigenvalue weighted by Gasteiger charge is 2.23. The fourth-order valence-electron chi connectivity index (χ4n) is 3.79. The maximum Gasteiger partial charge on any atom is 0.343 e.